The first-order valence-electron chi connectivity index (χ1n) is 5.58. The third kappa shape index (κ3) is 6.35. The molecule has 0 bridgehead atoms. The smallest absolute Gasteiger partial charge is 0.0796 e. The summed E-state index contributed by atoms with van der Waals surface area (Å²) in [4.78, 5) is 0. The van der Waals surface area contributed by atoms with E-state index in [1.165, 1.54) is 0 Å². The lowest BCUT2D eigenvalue weighted by atomic mass is 9.98. The van der Waals surface area contributed by atoms with Crippen LogP contribution in [0.2, 0.25) is 0 Å². The largest absolute Gasteiger partial charge is 0.396 e. The van der Waals surface area contributed by atoms with Crippen molar-refractivity contribution in [1.29, 1.82) is 0 Å². The van der Waals surface area contributed by atoms with Crippen molar-refractivity contribution in [2.45, 2.75) is 58.2 Å². The number of hydrogen-bond donors (Lipinski definition) is 3. The first-order chi connectivity index (χ1) is 6.61. The fraction of sp³-hybridized carbons (Fsp3) is 1.00. The van der Waals surface area contributed by atoms with Crippen LogP contribution in [0.3, 0.4) is 0 Å². The Labute approximate surface area is 86.8 Å². The van der Waals surface area contributed by atoms with Crippen molar-refractivity contribution in [3.8, 4) is 0 Å². The number of rotatable bonds is 8. The Morgan fingerprint density at radius 3 is 2.07 bits per heavy atom. The van der Waals surface area contributed by atoms with Gasteiger partial charge in [-0.3, -0.25) is 0 Å². The second-order valence-electron chi connectivity index (χ2n) is 4.05. The minimum absolute atomic E-state index is 0.259. The van der Waals surface area contributed by atoms with Crippen molar-refractivity contribution in [3.05, 3.63) is 0 Å². The maximum Gasteiger partial charge on any atom is 0.0796 e. The summed E-state index contributed by atoms with van der Waals surface area (Å²) in [5, 5.41) is 27.3. The molecule has 14 heavy (non-hydrogen) atoms. The molecule has 0 aliphatic carbocycles. The van der Waals surface area contributed by atoms with Gasteiger partial charge in [0.25, 0.3) is 0 Å². The summed E-state index contributed by atoms with van der Waals surface area (Å²) in [7, 11) is 0. The van der Waals surface area contributed by atoms with Gasteiger partial charge in [0.1, 0.15) is 0 Å². The lowest BCUT2D eigenvalue weighted by molar-refractivity contribution is 0.0244. The van der Waals surface area contributed by atoms with Crippen LogP contribution in [-0.4, -0.2) is 34.1 Å². The molecule has 86 valence electrons. The number of hydrogen-bond acceptors (Lipinski definition) is 3. The lowest BCUT2D eigenvalue weighted by Gasteiger charge is -2.14. The van der Waals surface area contributed by atoms with Crippen LogP contribution in [0.15, 0.2) is 0 Å². The van der Waals surface area contributed by atoms with Gasteiger partial charge in [0.2, 0.25) is 0 Å². The molecule has 0 saturated carbocycles. The summed E-state index contributed by atoms with van der Waals surface area (Å²) >= 11 is 0. The lowest BCUT2D eigenvalue weighted by Crippen LogP contribution is -2.22. The van der Waals surface area contributed by atoms with Crippen LogP contribution in [0.5, 0.6) is 0 Å². The van der Waals surface area contributed by atoms with Gasteiger partial charge in [-0.15, -0.1) is 0 Å². The fourth-order valence-corrected chi connectivity index (χ4v) is 1.45. The molecule has 3 unspecified atom stereocenters. The molecule has 0 aromatic carbocycles. The quantitative estimate of drug-likeness (QED) is 0.522. The molecule has 0 aliphatic rings. The second kappa shape index (κ2) is 8.21. The van der Waals surface area contributed by atoms with Gasteiger partial charge in [0.15, 0.2) is 0 Å². The van der Waals surface area contributed by atoms with E-state index in [1.807, 2.05) is 0 Å². The predicted molar refractivity (Wildman–Crippen MR) is 57.0 cm³/mol. The first kappa shape index (κ1) is 13.9. The van der Waals surface area contributed by atoms with Crippen LogP contribution in [0.25, 0.3) is 0 Å². The predicted octanol–water partition coefficient (Wildman–Crippen LogP) is 1.31. The number of unbranched alkanes of at least 4 members (excludes halogenated alkanes) is 1. The van der Waals surface area contributed by atoms with E-state index in [-0.39, 0.29) is 6.61 Å². The van der Waals surface area contributed by atoms with Gasteiger partial charge in [-0.05, 0) is 25.7 Å². The molecular weight excluding hydrogens is 180 g/mol. The average molecular weight is 204 g/mol. The van der Waals surface area contributed by atoms with Gasteiger partial charge < -0.3 is 15.3 Å². The highest BCUT2D eigenvalue weighted by Crippen LogP contribution is 2.14. The molecule has 3 heteroatoms. The van der Waals surface area contributed by atoms with Gasteiger partial charge >= 0.3 is 0 Å². The van der Waals surface area contributed by atoms with Crippen LogP contribution in [0.1, 0.15) is 46.0 Å². The van der Waals surface area contributed by atoms with E-state index in [0.29, 0.717) is 12.3 Å². The highest BCUT2D eigenvalue weighted by molar-refractivity contribution is 4.63. The molecule has 3 nitrogen and oxygen atoms in total. The fourth-order valence-electron chi connectivity index (χ4n) is 1.45. The summed E-state index contributed by atoms with van der Waals surface area (Å²) in [6, 6.07) is 0. The van der Waals surface area contributed by atoms with E-state index in [0.717, 1.165) is 25.7 Å². The van der Waals surface area contributed by atoms with Crippen LogP contribution < -0.4 is 0 Å². The molecule has 0 saturated heterocycles. The second-order valence-corrected chi connectivity index (χ2v) is 4.05. The molecule has 3 atom stereocenters. The summed E-state index contributed by atoms with van der Waals surface area (Å²) in [6.07, 6.45) is 3.39. The maximum atomic E-state index is 9.31. The molecule has 0 radical (unpaired) electrons. The van der Waals surface area contributed by atoms with Crippen molar-refractivity contribution in [1.82, 2.24) is 0 Å². The molecule has 0 aromatic rings. The maximum absolute atomic E-state index is 9.31. The van der Waals surface area contributed by atoms with Gasteiger partial charge in [-0.2, -0.15) is 0 Å². The van der Waals surface area contributed by atoms with Crippen molar-refractivity contribution >= 4 is 0 Å². The number of aliphatic hydroxyl groups is 3. The van der Waals surface area contributed by atoms with E-state index in [1.54, 1.807) is 6.92 Å². The minimum Gasteiger partial charge on any atom is -0.396 e. The zero-order valence-corrected chi connectivity index (χ0v) is 9.32. The highest BCUT2D eigenvalue weighted by atomic mass is 16.3. The van der Waals surface area contributed by atoms with Crippen molar-refractivity contribution in [2.24, 2.45) is 5.92 Å². The Bertz CT molecular complexity index is 118. The normalized spacial score (nSPS) is 17.8. The van der Waals surface area contributed by atoms with Gasteiger partial charge in [0, 0.05) is 6.61 Å². The highest BCUT2D eigenvalue weighted by Gasteiger charge is 2.10. The minimum atomic E-state index is -0.630. The van der Waals surface area contributed by atoms with Crippen LogP contribution in [0, 0.1) is 5.92 Å². The average Bonchev–Trinajstić information content (AvgIpc) is 2.17. The summed E-state index contributed by atoms with van der Waals surface area (Å²) in [6.45, 7) is 3.94. The van der Waals surface area contributed by atoms with Crippen molar-refractivity contribution in [3.63, 3.8) is 0 Å². The van der Waals surface area contributed by atoms with Crippen LogP contribution >= 0.6 is 0 Å². The van der Waals surface area contributed by atoms with Gasteiger partial charge in [-0.25, -0.2) is 0 Å². The number of aliphatic hydroxyl groups excluding tert-OH is 3. The van der Waals surface area contributed by atoms with Gasteiger partial charge in [0.05, 0.1) is 12.2 Å². The molecule has 0 aliphatic heterocycles. The molecule has 0 spiro atoms. The van der Waals surface area contributed by atoms with E-state index < -0.39 is 12.2 Å². The molecule has 0 fully saturated rings. The summed E-state index contributed by atoms with van der Waals surface area (Å²) < 4.78 is 0. The molecular formula is C11H24O3. The molecule has 0 aromatic heterocycles. The zero-order valence-electron chi connectivity index (χ0n) is 9.32. The SMILES string of the molecule is CCC(CO)CCCCC(O)C(C)O. The van der Waals surface area contributed by atoms with E-state index in [4.69, 9.17) is 10.2 Å². The summed E-state index contributed by atoms with van der Waals surface area (Å²) in [5.41, 5.74) is 0. The Morgan fingerprint density at radius 1 is 1.07 bits per heavy atom. The van der Waals surface area contributed by atoms with E-state index in [2.05, 4.69) is 6.92 Å². The Hall–Kier alpha value is -0.120. The molecule has 3 N–H and O–H groups in total. The molecule has 0 rings (SSSR count). The van der Waals surface area contributed by atoms with E-state index in [9.17, 15) is 5.11 Å². The van der Waals surface area contributed by atoms with Gasteiger partial charge in [-0.1, -0.05) is 26.2 Å². The Balaban J connectivity index is 3.36. The van der Waals surface area contributed by atoms with Crippen LogP contribution in [-0.2, 0) is 0 Å². The third-order valence-corrected chi connectivity index (χ3v) is 2.75. The van der Waals surface area contributed by atoms with Crippen molar-refractivity contribution in [2.75, 3.05) is 6.61 Å². The molecule has 0 heterocycles. The topological polar surface area (TPSA) is 60.7 Å². The Morgan fingerprint density at radius 2 is 1.64 bits per heavy atom. The first-order valence-corrected chi connectivity index (χ1v) is 5.58. The summed E-state index contributed by atoms with van der Waals surface area (Å²) in [5.74, 6) is 0.402. The standard InChI is InChI=1S/C11H24O3/c1-3-10(8-12)6-4-5-7-11(14)9(2)13/h9-14H,3-8H2,1-2H3. The zero-order chi connectivity index (χ0) is 11.0. The van der Waals surface area contributed by atoms with Crippen LogP contribution in [0.4, 0.5) is 0 Å². The van der Waals surface area contributed by atoms with E-state index >= 15 is 0 Å². The third-order valence-electron chi connectivity index (χ3n) is 2.75. The monoisotopic (exact) mass is 204 g/mol. The molecule has 0 amide bonds. The Kier molecular flexibility index (Phi) is 8.14. The van der Waals surface area contributed by atoms with Crippen molar-refractivity contribution < 1.29 is 15.3 Å².